The Labute approximate surface area is 296 Å². The first kappa shape index (κ1) is 29.9. The molecule has 0 atom stereocenters. The zero-order valence-corrected chi connectivity index (χ0v) is 28.5. The number of nitrogens with zero attached hydrogens (tertiary/aromatic N) is 2. The Morgan fingerprint density at radius 1 is 0.400 bits per heavy atom. The smallest absolute Gasteiger partial charge is 0.0651 e. The van der Waals surface area contributed by atoms with Crippen molar-refractivity contribution >= 4 is 49.5 Å². The molecule has 2 heterocycles. The number of aromatic nitrogens is 1. The highest BCUT2D eigenvalue weighted by molar-refractivity contribution is 7.20. The molecule has 3 heteroatoms. The SMILES string of the molecule is Cc1cc2c(s1)c1cc(-c3ccc(N(c4ccccc4)c4ccc(-c5ccccc5)cc4)cc3)ccc1n2-c1ccc(-c2ccccc2)cc1. The Kier molecular flexibility index (Phi) is 7.61. The van der Waals surface area contributed by atoms with Crippen LogP contribution in [-0.4, -0.2) is 4.57 Å². The van der Waals surface area contributed by atoms with Crippen molar-refractivity contribution in [2.45, 2.75) is 6.92 Å². The molecule has 0 aliphatic heterocycles. The van der Waals surface area contributed by atoms with Crippen LogP contribution in [0.25, 0.3) is 60.2 Å². The normalized spacial score (nSPS) is 11.3. The fourth-order valence-electron chi connectivity index (χ4n) is 7.05. The molecule has 2 aromatic heterocycles. The fourth-order valence-corrected chi connectivity index (χ4v) is 8.08. The average Bonchev–Trinajstić information content (AvgIpc) is 3.71. The summed E-state index contributed by atoms with van der Waals surface area (Å²) in [5.41, 5.74) is 14.3. The molecule has 0 N–H and O–H groups in total. The van der Waals surface area contributed by atoms with E-state index in [0.29, 0.717) is 0 Å². The van der Waals surface area contributed by atoms with Crippen LogP contribution < -0.4 is 4.90 Å². The summed E-state index contributed by atoms with van der Waals surface area (Å²) in [5.74, 6) is 0. The van der Waals surface area contributed by atoms with E-state index in [4.69, 9.17) is 0 Å². The Hall–Kier alpha value is -6.16. The highest BCUT2D eigenvalue weighted by Crippen LogP contribution is 2.41. The van der Waals surface area contributed by atoms with Crippen LogP contribution >= 0.6 is 11.3 Å². The number of benzene rings is 7. The van der Waals surface area contributed by atoms with Crippen LogP contribution in [0.1, 0.15) is 4.88 Å². The lowest BCUT2D eigenvalue weighted by Crippen LogP contribution is -2.09. The van der Waals surface area contributed by atoms with Crippen LogP contribution in [-0.2, 0) is 0 Å². The molecule has 0 saturated heterocycles. The average molecular weight is 659 g/mol. The Morgan fingerprint density at radius 2 is 0.840 bits per heavy atom. The molecule has 0 aliphatic carbocycles. The van der Waals surface area contributed by atoms with E-state index in [1.165, 1.54) is 65.1 Å². The molecule has 0 spiro atoms. The van der Waals surface area contributed by atoms with Crippen molar-refractivity contribution in [2.75, 3.05) is 4.90 Å². The van der Waals surface area contributed by atoms with Gasteiger partial charge < -0.3 is 9.47 Å². The van der Waals surface area contributed by atoms with E-state index >= 15 is 0 Å². The summed E-state index contributed by atoms with van der Waals surface area (Å²) in [7, 11) is 0. The van der Waals surface area contributed by atoms with E-state index in [-0.39, 0.29) is 0 Å². The van der Waals surface area contributed by atoms with Gasteiger partial charge in [-0.25, -0.2) is 0 Å². The first-order chi connectivity index (χ1) is 24.7. The predicted octanol–water partition coefficient (Wildman–Crippen LogP) is 13.6. The Balaban J connectivity index is 1.07. The van der Waals surface area contributed by atoms with Gasteiger partial charge in [-0.2, -0.15) is 0 Å². The van der Waals surface area contributed by atoms with Gasteiger partial charge in [-0.3, -0.25) is 0 Å². The van der Waals surface area contributed by atoms with Crippen molar-refractivity contribution in [1.82, 2.24) is 4.57 Å². The van der Waals surface area contributed by atoms with E-state index < -0.39 is 0 Å². The molecule has 0 radical (unpaired) electrons. The van der Waals surface area contributed by atoms with Gasteiger partial charge >= 0.3 is 0 Å². The first-order valence-corrected chi connectivity index (χ1v) is 17.8. The summed E-state index contributed by atoms with van der Waals surface area (Å²) < 4.78 is 3.74. The molecule has 50 heavy (non-hydrogen) atoms. The van der Waals surface area contributed by atoms with Crippen molar-refractivity contribution < 1.29 is 0 Å². The quantitative estimate of drug-likeness (QED) is 0.165. The van der Waals surface area contributed by atoms with Gasteiger partial charge in [0.1, 0.15) is 0 Å². The van der Waals surface area contributed by atoms with Gasteiger partial charge in [0.25, 0.3) is 0 Å². The zero-order valence-electron chi connectivity index (χ0n) is 27.7. The molecule has 0 fully saturated rings. The molecule has 238 valence electrons. The third-order valence-corrected chi connectivity index (χ3v) is 10.6. The van der Waals surface area contributed by atoms with Crippen LogP contribution in [0.5, 0.6) is 0 Å². The number of para-hydroxylation sites is 1. The topological polar surface area (TPSA) is 8.17 Å². The van der Waals surface area contributed by atoms with Crippen molar-refractivity contribution in [2.24, 2.45) is 0 Å². The number of thiophene rings is 1. The largest absolute Gasteiger partial charge is 0.311 e. The summed E-state index contributed by atoms with van der Waals surface area (Å²) >= 11 is 1.87. The number of aryl methyl sites for hydroxylation is 1. The minimum atomic E-state index is 1.12. The van der Waals surface area contributed by atoms with Gasteiger partial charge in [0.2, 0.25) is 0 Å². The third kappa shape index (κ3) is 5.48. The summed E-state index contributed by atoms with van der Waals surface area (Å²) in [6.07, 6.45) is 0. The van der Waals surface area contributed by atoms with Crippen LogP contribution in [0.3, 0.4) is 0 Å². The van der Waals surface area contributed by atoms with Gasteiger partial charge in [0.05, 0.1) is 15.7 Å². The highest BCUT2D eigenvalue weighted by Gasteiger charge is 2.17. The lowest BCUT2D eigenvalue weighted by molar-refractivity contribution is 1.18. The summed E-state index contributed by atoms with van der Waals surface area (Å²) in [6.45, 7) is 2.20. The van der Waals surface area contributed by atoms with Crippen molar-refractivity contribution in [3.63, 3.8) is 0 Å². The van der Waals surface area contributed by atoms with Crippen LogP contribution in [0.2, 0.25) is 0 Å². The number of rotatable bonds is 7. The number of anilines is 3. The predicted molar refractivity (Wildman–Crippen MR) is 214 cm³/mol. The monoisotopic (exact) mass is 658 g/mol. The lowest BCUT2D eigenvalue weighted by atomic mass is 10.0. The molecular weight excluding hydrogens is 625 g/mol. The number of hydrogen-bond donors (Lipinski definition) is 0. The first-order valence-electron chi connectivity index (χ1n) is 17.0. The molecule has 0 saturated carbocycles. The standard InChI is InChI=1S/C47H34N2S/c1-33-31-46-47(50-33)44-32-39(23-30-45(44)49(46)43-28-19-37(20-29-43)35-13-7-3-8-14-35)38-21-26-42(27-22-38)48(40-15-9-4-10-16-40)41-24-17-36(18-25-41)34-11-5-2-6-12-34/h2-32H,1H3. The highest BCUT2D eigenvalue weighted by atomic mass is 32.1. The van der Waals surface area contributed by atoms with Gasteiger partial charge in [0, 0.05) is 33.0 Å². The molecule has 0 unspecified atom stereocenters. The molecule has 9 rings (SSSR count). The zero-order chi connectivity index (χ0) is 33.4. The van der Waals surface area contributed by atoms with Crippen molar-refractivity contribution in [3.8, 4) is 39.1 Å². The Bertz CT molecular complexity index is 2550. The molecule has 0 aliphatic rings. The molecule has 0 bridgehead atoms. The maximum absolute atomic E-state index is 2.41. The minimum Gasteiger partial charge on any atom is -0.311 e. The van der Waals surface area contributed by atoms with Crippen molar-refractivity contribution in [3.05, 3.63) is 193 Å². The van der Waals surface area contributed by atoms with Gasteiger partial charge in [-0.1, -0.05) is 121 Å². The fraction of sp³-hybridized carbons (Fsp3) is 0.0213. The third-order valence-electron chi connectivity index (χ3n) is 9.50. The molecule has 2 nitrogen and oxygen atoms in total. The number of fused-ring (bicyclic) bond motifs is 3. The lowest BCUT2D eigenvalue weighted by Gasteiger charge is -2.26. The number of hydrogen-bond acceptors (Lipinski definition) is 2. The summed E-state index contributed by atoms with van der Waals surface area (Å²) in [5, 5.41) is 1.29. The Morgan fingerprint density at radius 3 is 1.40 bits per heavy atom. The van der Waals surface area contributed by atoms with E-state index in [1.807, 2.05) is 11.3 Å². The van der Waals surface area contributed by atoms with Crippen LogP contribution in [0, 0.1) is 6.92 Å². The van der Waals surface area contributed by atoms with E-state index in [2.05, 4.69) is 204 Å². The van der Waals surface area contributed by atoms with Crippen LogP contribution in [0.4, 0.5) is 17.1 Å². The van der Waals surface area contributed by atoms with Gasteiger partial charge in [0.15, 0.2) is 0 Å². The van der Waals surface area contributed by atoms with E-state index in [0.717, 1.165) is 17.1 Å². The van der Waals surface area contributed by atoms with Gasteiger partial charge in [-0.15, -0.1) is 11.3 Å². The maximum atomic E-state index is 2.41. The second-order valence-corrected chi connectivity index (χ2v) is 13.9. The van der Waals surface area contributed by atoms with Crippen molar-refractivity contribution in [1.29, 1.82) is 0 Å². The second-order valence-electron chi connectivity index (χ2n) is 12.7. The molecule has 0 amide bonds. The van der Waals surface area contributed by atoms with E-state index in [1.54, 1.807) is 0 Å². The van der Waals surface area contributed by atoms with Crippen LogP contribution in [0.15, 0.2) is 188 Å². The molecule has 7 aromatic carbocycles. The minimum absolute atomic E-state index is 1.12. The summed E-state index contributed by atoms with van der Waals surface area (Å²) in [6, 6.07) is 67.7. The maximum Gasteiger partial charge on any atom is 0.0651 e. The molecular formula is C47H34N2S. The second kappa shape index (κ2) is 12.7. The summed E-state index contributed by atoms with van der Waals surface area (Å²) in [4.78, 5) is 3.64. The van der Waals surface area contributed by atoms with E-state index in [9.17, 15) is 0 Å². The molecule has 9 aromatic rings. The van der Waals surface area contributed by atoms with Gasteiger partial charge in [-0.05, 0) is 107 Å².